The number of aliphatic hydroxyl groups excluding tert-OH is 1. The summed E-state index contributed by atoms with van der Waals surface area (Å²) < 4.78 is 0.975. The molecule has 0 aliphatic heterocycles. The van der Waals surface area contributed by atoms with Crippen LogP contribution in [0, 0.1) is 0 Å². The highest BCUT2D eigenvalue weighted by atomic mass is 79.9. The fourth-order valence-electron chi connectivity index (χ4n) is 1.43. The topological polar surface area (TPSA) is 61.4 Å². The molecule has 0 radical (unpaired) electrons. The van der Waals surface area contributed by atoms with Crippen LogP contribution in [0.25, 0.3) is 0 Å². The van der Waals surface area contributed by atoms with E-state index in [0.29, 0.717) is 13.0 Å². The number of rotatable bonds is 5. The number of benzene rings is 1. The van der Waals surface area contributed by atoms with Gasteiger partial charge in [-0.25, -0.2) is 4.79 Å². The van der Waals surface area contributed by atoms with Gasteiger partial charge in [-0.15, -0.1) is 0 Å². The third-order valence-electron chi connectivity index (χ3n) is 2.34. The predicted octanol–water partition coefficient (Wildman–Crippen LogP) is 2.19. The summed E-state index contributed by atoms with van der Waals surface area (Å²) in [7, 11) is 0. The number of hydrogen-bond donors (Lipinski definition) is 3. The molecule has 4 nitrogen and oxygen atoms in total. The zero-order valence-corrected chi connectivity index (χ0v) is 11.3. The molecule has 5 heteroatoms. The Bertz CT molecular complexity index is 371. The van der Waals surface area contributed by atoms with E-state index in [-0.39, 0.29) is 18.7 Å². The van der Waals surface area contributed by atoms with Crippen LogP contribution in [0.5, 0.6) is 0 Å². The second kappa shape index (κ2) is 7.29. The van der Waals surface area contributed by atoms with Crippen LogP contribution in [-0.2, 0) is 0 Å². The van der Waals surface area contributed by atoms with E-state index in [0.717, 1.165) is 10.0 Å². The maximum absolute atomic E-state index is 11.5. The van der Waals surface area contributed by atoms with Gasteiger partial charge in [-0.3, -0.25) is 0 Å². The van der Waals surface area contributed by atoms with E-state index in [4.69, 9.17) is 5.11 Å². The SMILES string of the molecule is CC(NC(=O)NCCCO)c1ccccc1Br. The number of carbonyl (C=O) groups excluding carboxylic acids is 1. The van der Waals surface area contributed by atoms with Gasteiger partial charge in [0.2, 0.25) is 0 Å². The van der Waals surface area contributed by atoms with Crippen molar-refractivity contribution in [1.82, 2.24) is 10.6 Å². The van der Waals surface area contributed by atoms with Crippen LogP contribution in [0.4, 0.5) is 4.79 Å². The highest BCUT2D eigenvalue weighted by Crippen LogP contribution is 2.22. The Balaban J connectivity index is 2.46. The third kappa shape index (κ3) is 4.75. The van der Waals surface area contributed by atoms with Crippen LogP contribution in [0.3, 0.4) is 0 Å². The minimum Gasteiger partial charge on any atom is -0.396 e. The molecular weight excluding hydrogens is 284 g/mol. The van der Waals surface area contributed by atoms with Crippen molar-refractivity contribution in [3.8, 4) is 0 Å². The van der Waals surface area contributed by atoms with Crippen LogP contribution in [-0.4, -0.2) is 24.3 Å². The molecule has 1 aromatic carbocycles. The van der Waals surface area contributed by atoms with Gasteiger partial charge in [0.15, 0.2) is 0 Å². The molecule has 0 bridgehead atoms. The Morgan fingerprint density at radius 2 is 2.18 bits per heavy atom. The molecule has 1 unspecified atom stereocenters. The van der Waals surface area contributed by atoms with E-state index in [9.17, 15) is 4.79 Å². The summed E-state index contributed by atoms with van der Waals surface area (Å²) in [6.07, 6.45) is 0.566. The second-order valence-electron chi connectivity index (χ2n) is 3.72. The van der Waals surface area contributed by atoms with Gasteiger partial charge in [0, 0.05) is 17.6 Å². The van der Waals surface area contributed by atoms with Gasteiger partial charge in [-0.1, -0.05) is 34.1 Å². The summed E-state index contributed by atoms with van der Waals surface area (Å²) in [6.45, 7) is 2.48. The average molecular weight is 301 g/mol. The molecule has 1 rings (SSSR count). The summed E-state index contributed by atoms with van der Waals surface area (Å²) in [6, 6.07) is 7.48. The number of halogens is 1. The van der Waals surface area contributed by atoms with Gasteiger partial charge in [0.05, 0.1) is 6.04 Å². The minimum atomic E-state index is -0.221. The lowest BCUT2D eigenvalue weighted by molar-refractivity contribution is 0.235. The Labute approximate surface area is 110 Å². The third-order valence-corrected chi connectivity index (χ3v) is 3.06. The number of carbonyl (C=O) groups is 1. The molecular formula is C12H17BrN2O2. The number of aliphatic hydroxyl groups is 1. The number of hydrogen-bond acceptors (Lipinski definition) is 2. The molecule has 3 N–H and O–H groups in total. The molecule has 0 fully saturated rings. The highest BCUT2D eigenvalue weighted by molar-refractivity contribution is 9.10. The monoisotopic (exact) mass is 300 g/mol. The first-order chi connectivity index (χ1) is 8.15. The van der Waals surface area contributed by atoms with Crippen molar-refractivity contribution < 1.29 is 9.90 Å². The molecule has 0 aliphatic carbocycles. The standard InChI is InChI=1S/C12H17BrN2O2/c1-9(10-5-2-3-6-11(10)13)15-12(17)14-7-4-8-16/h2-3,5-6,9,16H,4,7-8H2,1H3,(H2,14,15,17). The average Bonchev–Trinajstić information content (AvgIpc) is 2.29. The van der Waals surface area contributed by atoms with Crippen molar-refractivity contribution in [1.29, 1.82) is 0 Å². The van der Waals surface area contributed by atoms with Gasteiger partial charge in [0.1, 0.15) is 0 Å². The molecule has 17 heavy (non-hydrogen) atoms. The zero-order valence-electron chi connectivity index (χ0n) is 9.74. The van der Waals surface area contributed by atoms with Crippen LogP contribution < -0.4 is 10.6 Å². The van der Waals surface area contributed by atoms with Crippen molar-refractivity contribution in [3.05, 3.63) is 34.3 Å². The van der Waals surface area contributed by atoms with Crippen LogP contribution >= 0.6 is 15.9 Å². The molecule has 0 aliphatic rings. The Morgan fingerprint density at radius 1 is 1.47 bits per heavy atom. The molecule has 0 saturated heterocycles. The lowest BCUT2D eigenvalue weighted by atomic mass is 10.1. The van der Waals surface area contributed by atoms with E-state index in [1.165, 1.54) is 0 Å². The number of nitrogens with one attached hydrogen (secondary N) is 2. The van der Waals surface area contributed by atoms with Crippen LogP contribution in [0.1, 0.15) is 24.9 Å². The maximum atomic E-state index is 11.5. The molecule has 94 valence electrons. The molecule has 0 heterocycles. The first-order valence-electron chi connectivity index (χ1n) is 5.54. The summed E-state index contributed by atoms with van der Waals surface area (Å²) >= 11 is 3.45. The zero-order chi connectivity index (χ0) is 12.7. The van der Waals surface area contributed by atoms with Crippen molar-refractivity contribution in [2.45, 2.75) is 19.4 Å². The fourth-order valence-corrected chi connectivity index (χ4v) is 2.06. The van der Waals surface area contributed by atoms with E-state index < -0.39 is 0 Å². The van der Waals surface area contributed by atoms with Gasteiger partial charge < -0.3 is 15.7 Å². The number of urea groups is 1. The van der Waals surface area contributed by atoms with Crippen LogP contribution in [0.2, 0.25) is 0 Å². The first-order valence-corrected chi connectivity index (χ1v) is 6.34. The van der Waals surface area contributed by atoms with Crippen molar-refractivity contribution >= 4 is 22.0 Å². The lowest BCUT2D eigenvalue weighted by Gasteiger charge is -2.16. The molecule has 1 atom stereocenters. The van der Waals surface area contributed by atoms with Gasteiger partial charge >= 0.3 is 6.03 Å². The molecule has 1 aromatic rings. The quantitative estimate of drug-likeness (QED) is 0.730. The molecule has 0 aromatic heterocycles. The Morgan fingerprint density at radius 3 is 2.82 bits per heavy atom. The van der Waals surface area contributed by atoms with E-state index >= 15 is 0 Å². The fraction of sp³-hybridized carbons (Fsp3) is 0.417. The predicted molar refractivity (Wildman–Crippen MR) is 70.8 cm³/mol. The van der Waals surface area contributed by atoms with Crippen molar-refractivity contribution in [2.24, 2.45) is 0 Å². The van der Waals surface area contributed by atoms with Gasteiger partial charge in [-0.2, -0.15) is 0 Å². The highest BCUT2D eigenvalue weighted by Gasteiger charge is 2.10. The number of amides is 2. The molecule has 0 spiro atoms. The van der Waals surface area contributed by atoms with Crippen molar-refractivity contribution in [2.75, 3.05) is 13.2 Å². The summed E-state index contributed by atoms with van der Waals surface area (Å²) in [5.74, 6) is 0. The summed E-state index contributed by atoms with van der Waals surface area (Å²) in [5.41, 5.74) is 1.03. The molecule has 2 amide bonds. The Kier molecular flexibility index (Phi) is 6.00. The normalized spacial score (nSPS) is 11.9. The second-order valence-corrected chi connectivity index (χ2v) is 4.57. The van der Waals surface area contributed by atoms with E-state index in [1.54, 1.807) is 0 Å². The minimum absolute atomic E-state index is 0.0697. The van der Waals surface area contributed by atoms with E-state index in [2.05, 4.69) is 26.6 Å². The smallest absolute Gasteiger partial charge is 0.315 e. The van der Waals surface area contributed by atoms with Crippen molar-refractivity contribution in [3.63, 3.8) is 0 Å². The summed E-state index contributed by atoms with van der Waals surface area (Å²) in [4.78, 5) is 11.5. The van der Waals surface area contributed by atoms with Crippen LogP contribution in [0.15, 0.2) is 28.7 Å². The van der Waals surface area contributed by atoms with Gasteiger partial charge in [-0.05, 0) is 25.0 Å². The first kappa shape index (κ1) is 14.0. The van der Waals surface area contributed by atoms with Gasteiger partial charge in [0.25, 0.3) is 0 Å². The maximum Gasteiger partial charge on any atom is 0.315 e. The largest absolute Gasteiger partial charge is 0.396 e. The lowest BCUT2D eigenvalue weighted by Crippen LogP contribution is -2.37. The molecule has 0 saturated carbocycles. The Hall–Kier alpha value is -1.07. The van der Waals surface area contributed by atoms with E-state index in [1.807, 2.05) is 31.2 Å². The summed E-state index contributed by atoms with van der Waals surface area (Å²) in [5, 5.41) is 14.1.